The topological polar surface area (TPSA) is 119 Å². The summed E-state index contributed by atoms with van der Waals surface area (Å²) in [6.45, 7) is 7.91. The fourth-order valence-electron chi connectivity index (χ4n) is 7.12. The number of carbonyl (C=O) groups excluding carboxylic acids is 3. The molecular formula is C60H106O8. The molecule has 0 rings (SSSR count). The summed E-state index contributed by atoms with van der Waals surface area (Å²) < 4.78 is 16.8. The quantitative estimate of drug-likeness (QED) is 0.0268. The van der Waals surface area contributed by atoms with Gasteiger partial charge >= 0.3 is 17.9 Å². The number of esters is 3. The van der Waals surface area contributed by atoms with Crippen LogP contribution in [0.4, 0.5) is 0 Å². The van der Waals surface area contributed by atoms with E-state index in [1.807, 2.05) is 0 Å². The minimum absolute atomic E-state index is 0.0933. The fourth-order valence-corrected chi connectivity index (χ4v) is 7.12. The molecule has 8 heteroatoms. The molecule has 1 atom stereocenters. The van der Waals surface area contributed by atoms with E-state index in [0.717, 1.165) is 135 Å². The second-order valence-corrected chi connectivity index (χ2v) is 18.5. The lowest BCUT2D eigenvalue weighted by Crippen LogP contribution is -2.30. The highest BCUT2D eigenvalue weighted by Crippen LogP contribution is 2.13. The van der Waals surface area contributed by atoms with Gasteiger partial charge in [-0.2, -0.15) is 0 Å². The summed E-state index contributed by atoms with van der Waals surface area (Å²) >= 11 is 0. The Kier molecular flexibility index (Phi) is 57.1. The van der Waals surface area contributed by atoms with Crippen molar-refractivity contribution in [3.05, 3.63) is 72.9 Å². The van der Waals surface area contributed by atoms with E-state index in [0.29, 0.717) is 19.3 Å². The Bertz CT molecular complexity index is 1200. The summed E-state index contributed by atoms with van der Waals surface area (Å²) in [5.41, 5.74) is 0. The van der Waals surface area contributed by atoms with Crippen LogP contribution in [0.15, 0.2) is 72.9 Å². The molecule has 0 aliphatic rings. The molecule has 0 aliphatic carbocycles. The second kappa shape index (κ2) is 58.1. The molecule has 2 N–H and O–H groups in total. The van der Waals surface area contributed by atoms with Gasteiger partial charge in [-0.25, -0.2) is 0 Å². The average Bonchev–Trinajstić information content (AvgIpc) is 3.33. The van der Waals surface area contributed by atoms with E-state index < -0.39 is 12.2 Å². The molecule has 1 unspecified atom stereocenters. The highest BCUT2D eigenvalue weighted by atomic mass is 16.6. The maximum absolute atomic E-state index is 12.8. The van der Waals surface area contributed by atoms with E-state index in [1.165, 1.54) is 84.0 Å². The third-order valence-corrected chi connectivity index (χ3v) is 11.4. The van der Waals surface area contributed by atoms with Gasteiger partial charge in [-0.05, 0) is 122 Å². The van der Waals surface area contributed by atoms with Gasteiger partial charge in [0.25, 0.3) is 0 Å². The van der Waals surface area contributed by atoms with Gasteiger partial charge in [0.1, 0.15) is 13.2 Å². The first kappa shape index (κ1) is 66.9. The minimum atomic E-state index is -0.794. The van der Waals surface area contributed by atoms with E-state index in [-0.39, 0.29) is 37.7 Å². The Balaban J connectivity index is 0. The first-order chi connectivity index (χ1) is 33.3. The lowest BCUT2D eigenvalue weighted by Gasteiger charge is -2.18. The third-order valence-electron chi connectivity index (χ3n) is 11.4. The molecule has 394 valence electrons. The van der Waals surface area contributed by atoms with Crippen LogP contribution in [-0.2, 0) is 28.6 Å². The predicted molar refractivity (Wildman–Crippen MR) is 289 cm³/mol. The number of allylic oxidation sites excluding steroid dienone is 12. The first-order valence-electron chi connectivity index (χ1n) is 28.0. The third kappa shape index (κ3) is 58.9. The molecule has 0 aromatic carbocycles. The van der Waals surface area contributed by atoms with Crippen LogP contribution in [0.5, 0.6) is 0 Å². The van der Waals surface area contributed by atoms with Crippen molar-refractivity contribution in [3.63, 3.8) is 0 Å². The zero-order valence-electron chi connectivity index (χ0n) is 44.5. The van der Waals surface area contributed by atoms with Crippen molar-refractivity contribution in [1.82, 2.24) is 0 Å². The first-order valence-corrected chi connectivity index (χ1v) is 28.0. The molecule has 0 saturated heterocycles. The Morgan fingerprint density at radius 1 is 0.382 bits per heavy atom. The Labute approximate surface area is 419 Å². The standard InChI is InChI=1S/C57H98O6.C3H8O2/c1-4-7-10-13-16-19-22-25-28-31-34-37-40-43-46-49-55(58)61-52-54(63-57(60)51-48-45-42-39-36-33-30-27-24-21-18-15-12-9-6-3)53-62-56(59)50-47-44-41-38-35-32-29-26-23-20-17-14-11-8-5-2;1-3(5)2-4/h16-21,25-30,54H,4-15,22-24,31-53H2,1-3H3;3-5H,2H2,1H3/b19-16-,20-17-,21-18-,28-25-,29-26-,30-27-;. The van der Waals surface area contributed by atoms with E-state index in [2.05, 4.69) is 93.7 Å². The molecule has 8 nitrogen and oxygen atoms in total. The minimum Gasteiger partial charge on any atom is -0.462 e. The van der Waals surface area contributed by atoms with Crippen molar-refractivity contribution in [2.75, 3.05) is 19.8 Å². The number of carbonyl (C=O) groups is 3. The second-order valence-electron chi connectivity index (χ2n) is 18.5. The van der Waals surface area contributed by atoms with Crippen LogP contribution in [0.1, 0.15) is 259 Å². The number of aliphatic hydroxyl groups excluding tert-OH is 2. The van der Waals surface area contributed by atoms with Crippen molar-refractivity contribution in [2.45, 2.75) is 271 Å². The monoisotopic (exact) mass is 955 g/mol. The predicted octanol–water partition coefficient (Wildman–Crippen LogP) is 16.8. The molecule has 0 fully saturated rings. The van der Waals surface area contributed by atoms with Crippen molar-refractivity contribution in [2.24, 2.45) is 0 Å². The molecular weight excluding hydrogens is 849 g/mol. The van der Waals surface area contributed by atoms with Crippen LogP contribution in [0.25, 0.3) is 0 Å². The molecule has 0 radical (unpaired) electrons. The van der Waals surface area contributed by atoms with Crippen LogP contribution in [0.3, 0.4) is 0 Å². The van der Waals surface area contributed by atoms with Gasteiger partial charge in [0.05, 0.1) is 12.7 Å². The van der Waals surface area contributed by atoms with Crippen LogP contribution in [0, 0.1) is 0 Å². The van der Waals surface area contributed by atoms with Gasteiger partial charge in [0.2, 0.25) is 0 Å². The smallest absolute Gasteiger partial charge is 0.306 e. The molecule has 0 spiro atoms. The zero-order chi connectivity index (χ0) is 50.1. The molecule has 0 bridgehead atoms. The van der Waals surface area contributed by atoms with Gasteiger partial charge in [-0.15, -0.1) is 0 Å². The largest absolute Gasteiger partial charge is 0.462 e. The Morgan fingerprint density at radius 2 is 0.632 bits per heavy atom. The van der Waals surface area contributed by atoms with Crippen molar-refractivity contribution in [3.8, 4) is 0 Å². The van der Waals surface area contributed by atoms with E-state index in [4.69, 9.17) is 24.4 Å². The summed E-state index contributed by atoms with van der Waals surface area (Å²) in [5.74, 6) is -0.931. The number of ether oxygens (including phenoxy) is 3. The van der Waals surface area contributed by atoms with Gasteiger partial charge < -0.3 is 24.4 Å². The van der Waals surface area contributed by atoms with Crippen LogP contribution in [0.2, 0.25) is 0 Å². The molecule has 0 aromatic heterocycles. The summed E-state index contributed by atoms with van der Waals surface area (Å²) in [6.07, 6.45) is 63.9. The van der Waals surface area contributed by atoms with E-state index in [1.54, 1.807) is 0 Å². The maximum Gasteiger partial charge on any atom is 0.306 e. The van der Waals surface area contributed by atoms with E-state index in [9.17, 15) is 14.4 Å². The lowest BCUT2D eigenvalue weighted by atomic mass is 10.1. The van der Waals surface area contributed by atoms with Crippen molar-refractivity contribution < 1.29 is 38.8 Å². The summed E-state index contributed by atoms with van der Waals surface area (Å²) in [5, 5.41) is 16.0. The summed E-state index contributed by atoms with van der Waals surface area (Å²) in [7, 11) is 0. The Morgan fingerprint density at radius 3 is 0.912 bits per heavy atom. The molecule has 68 heavy (non-hydrogen) atoms. The number of unbranched alkanes of at least 4 members (excludes halogenated alkanes) is 24. The van der Waals surface area contributed by atoms with Gasteiger partial charge in [0, 0.05) is 19.3 Å². The molecule has 0 aromatic rings. The number of hydrogen-bond acceptors (Lipinski definition) is 8. The van der Waals surface area contributed by atoms with Crippen molar-refractivity contribution >= 4 is 17.9 Å². The van der Waals surface area contributed by atoms with Crippen LogP contribution in [-0.4, -0.2) is 60.1 Å². The normalized spacial score (nSPS) is 12.4. The highest BCUT2D eigenvalue weighted by molar-refractivity contribution is 5.71. The van der Waals surface area contributed by atoms with Gasteiger partial charge in [0.15, 0.2) is 6.10 Å². The van der Waals surface area contributed by atoms with Gasteiger partial charge in [-0.3, -0.25) is 14.4 Å². The molecule has 0 aliphatic heterocycles. The molecule has 0 saturated carbocycles. The lowest BCUT2D eigenvalue weighted by molar-refractivity contribution is -0.167. The Hall–Kier alpha value is -3.23. The molecule has 0 amide bonds. The fraction of sp³-hybridized carbons (Fsp3) is 0.750. The highest BCUT2D eigenvalue weighted by Gasteiger charge is 2.19. The maximum atomic E-state index is 12.8. The van der Waals surface area contributed by atoms with Crippen LogP contribution >= 0.6 is 0 Å². The SMILES string of the molecule is CC(O)CO.CCCCC/C=C\C/C=C\CCCCCCCC(=O)OCC(COC(=O)CCCCCCC/C=C\C/C=C\CCCCC)OC(=O)CCCCCCC/C=C\C/C=C\CCCCC. The van der Waals surface area contributed by atoms with Crippen molar-refractivity contribution in [1.29, 1.82) is 0 Å². The zero-order valence-corrected chi connectivity index (χ0v) is 44.5. The molecule has 0 heterocycles. The van der Waals surface area contributed by atoms with E-state index >= 15 is 0 Å². The number of aliphatic hydroxyl groups is 2. The summed E-state index contributed by atoms with van der Waals surface area (Å²) in [4.78, 5) is 38.0. The van der Waals surface area contributed by atoms with Gasteiger partial charge in [-0.1, -0.05) is 190 Å². The average molecular weight is 955 g/mol. The summed E-state index contributed by atoms with van der Waals surface area (Å²) in [6, 6.07) is 0. The van der Waals surface area contributed by atoms with Crippen LogP contribution < -0.4 is 0 Å². The number of rotatable bonds is 48. The number of hydrogen-bond donors (Lipinski definition) is 2.